The highest BCUT2D eigenvalue weighted by Gasteiger charge is 2.37. The van der Waals surface area contributed by atoms with E-state index in [9.17, 15) is 14.4 Å². The molecular weight excluding hydrogens is 226 g/mol. The van der Waals surface area contributed by atoms with Crippen molar-refractivity contribution in [3.05, 3.63) is 29.3 Å². The average molecular weight is 235 g/mol. The van der Waals surface area contributed by atoms with Gasteiger partial charge in [-0.25, -0.2) is 4.79 Å². The van der Waals surface area contributed by atoms with Crippen molar-refractivity contribution in [2.45, 2.75) is 5.92 Å². The monoisotopic (exact) mass is 235 g/mol. The lowest BCUT2D eigenvalue weighted by Crippen LogP contribution is -2.21. The Morgan fingerprint density at radius 2 is 2.12 bits per heavy atom. The van der Waals surface area contributed by atoms with E-state index in [-0.39, 0.29) is 5.56 Å². The summed E-state index contributed by atoms with van der Waals surface area (Å²) >= 11 is 0. The zero-order chi connectivity index (χ0) is 12.6. The summed E-state index contributed by atoms with van der Waals surface area (Å²) in [7, 11) is 1.18. The lowest BCUT2D eigenvalue weighted by molar-refractivity contribution is -0.144. The summed E-state index contributed by atoms with van der Waals surface area (Å²) in [5, 5.41) is 11.3. The molecule has 1 aromatic rings. The first-order chi connectivity index (χ1) is 8.04. The first-order valence-electron chi connectivity index (χ1n) is 4.80. The predicted molar refractivity (Wildman–Crippen MR) is 56.8 cm³/mol. The molecule has 0 bridgehead atoms. The number of nitrogens with one attached hydrogen (secondary N) is 1. The van der Waals surface area contributed by atoms with Crippen LogP contribution in [-0.2, 0) is 14.3 Å². The van der Waals surface area contributed by atoms with Crippen molar-refractivity contribution < 1.29 is 24.2 Å². The minimum atomic E-state index is -1.12. The third kappa shape index (κ3) is 1.73. The number of fused-ring (bicyclic) bond motifs is 1. The van der Waals surface area contributed by atoms with Crippen LogP contribution in [0.3, 0.4) is 0 Å². The van der Waals surface area contributed by atoms with Crippen LogP contribution in [0, 0.1) is 0 Å². The summed E-state index contributed by atoms with van der Waals surface area (Å²) in [6.07, 6.45) is 0. The molecule has 6 nitrogen and oxygen atoms in total. The number of carbonyl (C=O) groups is 3. The number of ether oxygens (including phenoxy) is 1. The normalized spacial score (nSPS) is 17.2. The van der Waals surface area contributed by atoms with Gasteiger partial charge < -0.3 is 15.2 Å². The minimum absolute atomic E-state index is 0.0224. The number of benzene rings is 1. The molecule has 0 radical (unpaired) electrons. The van der Waals surface area contributed by atoms with Crippen molar-refractivity contribution in [3.8, 4) is 0 Å². The fourth-order valence-electron chi connectivity index (χ4n) is 1.75. The van der Waals surface area contributed by atoms with E-state index in [1.54, 1.807) is 0 Å². The van der Waals surface area contributed by atoms with Crippen molar-refractivity contribution in [3.63, 3.8) is 0 Å². The molecule has 0 fully saturated rings. The molecule has 17 heavy (non-hydrogen) atoms. The van der Waals surface area contributed by atoms with Gasteiger partial charge in [0.05, 0.1) is 12.7 Å². The lowest BCUT2D eigenvalue weighted by atomic mass is 9.99. The molecule has 0 spiro atoms. The summed E-state index contributed by atoms with van der Waals surface area (Å²) < 4.78 is 4.51. The van der Waals surface area contributed by atoms with Gasteiger partial charge in [-0.3, -0.25) is 9.59 Å². The molecule has 0 saturated carbocycles. The maximum atomic E-state index is 11.6. The van der Waals surface area contributed by atoms with Crippen LogP contribution in [0.15, 0.2) is 18.2 Å². The first kappa shape index (κ1) is 11.1. The minimum Gasteiger partial charge on any atom is -0.478 e. The van der Waals surface area contributed by atoms with Crippen LogP contribution in [0.2, 0.25) is 0 Å². The molecule has 0 aromatic heterocycles. The number of carboxylic acid groups (broad SMARTS) is 1. The third-order valence-electron chi connectivity index (χ3n) is 2.57. The van der Waals surface area contributed by atoms with E-state index in [1.807, 2.05) is 0 Å². The zero-order valence-corrected chi connectivity index (χ0v) is 8.89. The second kappa shape index (κ2) is 3.89. The van der Waals surface area contributed by atoms with E-state index in [0.717, 1.165) is 0 Å². The van der Waals surface area contributed by atoms with Gasteiger partial charge >= 0.3 is 11.9 Å². The Kier molecular flexibility index (Phi) is 2.55. The van der Waals surface area contributed by atoms with Gasteiger partial charge in [0.2, 0.25) is 5.91 Å². The highest BCUT2D eigenvalue weighted by Crippen LogP contribution is 2.33. The molecule has 1 heterocycles. The van der Waals surface area contributed by atoms with Crippen LogP contribution >= 0.6 is 0 Å². The molecule has 1 aromatic carbocycles. The fourth-order valence-corrected chi connectivity index (χ4v) is 1.75. The molecule has 88 valence electrons. The molecule has 0 aliphatic carbocycles. The number of anilines is 1. The Morgan fingerprint density at radius 1 is 1.41 bits per heavy atom. The highest BCUT2D eigenvalue weighted by molar-refractivity contribution is 6.15. The SMILES string of the molecule is COC(=O)C1C(=O)Nc2ccc(C(=O)O)cc21. The van der Waals surface area contributed by atoms with Gasteiger partial charge in [0.1, 0.15) is 0 Å². The number of hydrogen-bond acceptors (Lipinski definition) is 4. The molecule has 1 aliphatic rings. The lowest BCUT2D eigenvalue weighted by Gasteiger charge is -2.06. The Hall–Kier alpha value is -2.37. The highest BCUT2D eigenvalue weighted by atomic mass is 16.5. The van der Waals surface area contributed by atoms with Crippen LogP contribution in [-0.4, -0.2) is 30.1 Å². The van der Waals surface area contributed by atoms with E-state index in [0.29, 0.717) is 11.3 Å². The molecule has 2 N–H and O–H groups in total. The molecule has 1 atom stereocenters. The van der Waals surface area contributed by atoms with E-state index < -0.39 is 23.8 Å². The number of amides is 1. The van der Waals surface area contributed by atoms with E-state index in [1.165, 1.54) is 25.3 Å². The van der Waals surface area contributed by atoms with Gasteiger partial charge in [-0.2, -0.15) is 0 Å². The molecule has 0 saturated heterocycles. The van der Waals surface area contributed by atoms with Gasteiger partial charge in [-0.05, 0) is 18.2 Å². The number of carbonyl (C=O) groups excluding carboxylic acids is 2. The molecule has 2 rings (SSSR count). The predicted octanol–water partition coefficient (Wildman–Crippen LogP) is 0.593. The number of aromatic carboxylic acids is 1. The van der Waals surface area contributed by atoms with Gasteiger partial charge in [0.25, 0.3) is 0 Å². The first-order valence-corrected chi connectivity index (χ1v) is 4.80. The van der Waals surface area contributed by atoms with E-state index in [4.69, 9.17) is 5.11 Å². The van der Waals surface area contributed by atoms with Crippen molar-refractivity contribution >= 4 is 23.5 Å². The quantitative estimate of drug-likeness (QED) is 0.578. The second-order valence-electron chi connectivity index (χ2n) is 3.55. The van der Waals surface area contributed by atoms with Gasteiger partial charge in [-0.15, -0.1) is 0 Å². The molecular formula is C11H9NO5. The number of rotatable bonds is 2. The zero-order valence-electron chi connectivity index (χ0n) is 8.89. The van der Waals surface area contributed by atoms with Gasteiger partial charge in [-0.1, -0.05) is 0 Å². The van der Waals surface area contributed by atoms with Crippen molar-refractivity contribution in [2.75, 3.05) is 12.4 Å². The number of carboxylic acids is 1. The Balaban J connectivity index is 2.50. The van der Waals surface area contributed by atoms with Crippen molar-refractivity contribution in [2.24, 2.45) is 0 Å². The number of methoxy groups -OCH3 is 1. The summed E-state index contributed by atoms with van der Waals surface area (Å²) in [4.78, 5) is 33.8. The van der Waals surface area contributed by atoms with Crippen LogP contribution in [0.25, 0.3) is 0 Å². The molecule has 1 aliphatic heterocycles. The van der Waals surface area contributed by atoms with Crippen molar-refractivity contribution in [1.29, 1.82) is 0 Å². The van der Waals surface area contributed by atoms with Crippen LogP contribution in [0.1, 0.15) is 21.8 Å². The molecule has 6 heteroatoms. The summed E-state index contributed by atoms with van der Waals surface area (Å²) in [6.45, 7) is 0. The average Bonchev–Trinajstić information content (AvgIpc) is 2.62. The Bertz CT molecular complexity index is 515. The van der Waals surface area contributed by atoms with Gasteiger partial charge in [0.15, 0.2) is 5.92 Å². The topological polar surface area (TPSA) is 92.7 Å². The van der Waals surface area contributed by atoms with Gasteiger partial charge in [0, 0.05) is 11.3 Å². The summed E-state index contributed by atoms with van der Waals surface area (Å²) in [6, 6.07) is 4.12. The molecule has 1 unspecified atom stereocenters. The second-order valence-corrected chi connectivity index (χ2v) is 3.55. The van der Waals surface area contributed by atoms with Crippen molar-refractivity contribution in [1.82, 2.24) is 0 Å². The van der Waals surface area contributed by atoms with Crippen LogP contribution in [0.4, 0.5) is 5.69 Å². The largest absolute Gasteiger partial charge is 0.478 e. The van der Waals surface area contributed by atoms with Crippen LogP contribution in [0.5, 0.6) is 0 Å². The van der Waals surface area contributed by atoms with E-state index >= 15 is 0 Å². The number of hydrogen-bond donors (Lipinski definition) is 2. The fraction of sp³-hybridized carbons (Fsp3) is 0.182. The Labute approximate surface area is 96.2 Å². The third-order valence-corrected chi connectivity index (χ3v) is 2.57. The molecule has 1 amide bonds. The van der Waals surface area contributed by atoms with Crippen LogP contribution < -0.4 is 5.32 Å². The maximum Gasteiger partial charge on any atom is 0.335 e. The summed E-state index contributed by atoms with van der Waals surface area (Å²) in [5.74, 6) is -3.41. The van der Waals surface area contributed by atoms with E-state index in [2.05, 4.69) is 10.1 Å². The number of esters is 1. The summed E-state index contributed by atoms with van der Waals surface area (Å²) in [5.41, 5.74) is 0.798. The smallest absolute Gasteiger partial charge is 0.335 e. The Morgan fingerprint density at radius 3 is 2.71 bits per heavy atom. The standard InChI is InChI=1S/C11H9NO5/c1-17-11(16)8-6-4-5(10(14)15)2-3-7(6)12-9(8)13/h2-4,8H,1H3,(H,12,13)(H,14,15). The maximum absolute atomic E-state index is 11.6.